The smallest absolute Gasteiger partial charge is 0.319 e. The van der Waals surface area contributed by atoms with Crippen molar-refractivity contribution in [1.82, 2.24) is 10.3 Å². The monoisotopic (exact) mass is 269 g/mol. The van der Waals surface area contributed by atoms with E-state index in [2.05, 4.69) is 31.5 Å². The lowest BCUT2D eigenvalue weighted by Gasteiger charge is -2.26. The molecule has 2 N–H and O–H groups in total. The van der Waals surface area contributed by atoms with E-state index in [0.717, 1.165) is 23.0 Å². The molecule has 0 aromatic carbocycles. The second kappa shape index (κ2) is 4.61. The van der Waals surface area contributed by atoms with Crippen molar-refractivity contribution in [3.8, 4) is 0 Å². The minimum absolute atomic E-state index is 0.147. The minimum Gasteiger partial charge on any atom is -0.335 e. The normalized spacial score (nSPS) is 15.5. The Hall–Kier alpha value is -1.10. The van der Waals surface area contributed by atoms with Gasteiger partial charge in [0.2, 0.25) is 0 Å². The number of carbonyl (C=O) groups is 1. The molecule has 0 aliphatic heterocycles. The molecule has 1 aromatic rings. The molecule has 2 rings (SSSR count). The van der Waals surface area contributed by atoms with Crippen molar-refractivity contribution in [2.24, 2.45) is 0 Å². The fourth-order valence-corrected chi connectivity index (χ4v) is 1.72. The van der Waals surface area contributed by atoms with E-state index in [-0.39, 0.29) is 6.03 Å². The molecule has 5 heteroatoms. The molecule has 1 saturated carbocycles. The van der Waals surface area contributed by atoms with Crippen molar-refractivity contribution in [2.75, 3.05) is 5.32 Å². The van der Waals surface area contributed by atoms with Crippen molar-refractivity contribution < 1.29 is 4.79 Å². The summed E-state index contributed by atoms with van der Waals surface area (Å²) in [7, 11) is 0. The Morgan fingerprint density at radius 1 is 1.53 bits per heavy atom. The SMILES string of the molecule is O=C(Nc1ccncc1Br)NC1CCC1. The average Bonchev–Trinajstić information content (AvgIpc) is 2.16. The molecule has 2 amide bonds. The van der Waals surface area contributed by atoms with Gasteiger partial charge < -0.3 is 10.6 Å². The Morgan fingerprint density at radius 3 is 2.93 bits per heavy atom. The van der Waals surface area contributed by atoms with E-state index in [4.69, 9.17) is 0 Å². The van der Waals surface area contributed by atoms with Crippen LogP contribution in [0.2, 0.25) is 0 Å². The summed E-state index contributed by atoms with van der Waals surface area (Å²) in [6.07, 6.45) is 6.68. The summed E-state index contributed by atoms with van der Waals surface area (Å²) < 4.78 is 0.786. The van der Waals surface area contributed by atoms with Gasteiger partial charge in [-0.25, -0.2) is 4.79 Å². The van der Waals surface area contributed by atoms with Crippen molar-refractivity contribution in [3.63, 3.8) is 0 Å². The number of amides is 2. The maximum atomic E-state index is 11.5. The van der Waals surface area contributed by atoms with E-state index in [1.807, 2.05) is 0 Å². The summed E-state index contributed by atoms with van der Waals surface area (Å²) in [5.74, 6) is 0. The highest BCUT2D eigenvalue weighted by Gasteiger charge is 2.19. The van der Waals surface area contributed by atoms with Gasteiger partial charge >= 0.3 is 6.03 Å². The number of anilines is 1. The van der Waals surface area contributed by atoms with Crippen LogP contribution in [0.1, 0.15) is 19.3 Å². The summed E-state index contributed by atoms with van der Waals surface area (Å²) in [5.41, 5.74) is 0.738. The Morgan fingerprint density at radius 2 is 2.33 bits per heavy atom. The van der Waals surface area contributed by atoms with E-state index in [0.29, 0.717) is 6.04 Å². The highest BCUT2D eigenvalue weighted by Crippen LogP contribution is 2.21. The van der Waals surface area contributed by atoms with E-state index < -0.39 is 0 Å². The molecule has 0 saturated heterocycles. The summed E-state index contributed by atoms with van der Waals surface area (Å²) in [6.45, 7) is 0. The predicted octanol–water partition coefficient (Wildman–Crippen LogP) is 2.52. The topological polar surface area (TPSA) is 54.0 Å². The van der Waals surface area contributed by atoms with E-state index in [1.165, 1.54) is 6.42 Å². The van der Waals surface area contributed by atoms with Gasteiger partial charge in [0, 0.05) is 18.4 Å². The molecule has 1 aliphatic carbocycles. The zero-order valence-corrected chi connectivity index (χ0v) is 9.75. The van der Waals surface area contributed by atoms with Crippen LogP contribution in [0.5, 0.6) is 0 Å². The lowest BCUT2D eigenvalue weighted by Crippen LogP contribution is -2.41. The first-order chi connectivity index (χ1) is 7.25. The number of nitrogens with zero attached hydrogens (tertiary/aromatic N) is 1. The van der Waals surface area contributed by atoms with Crippen LogP contribution in [0.15, 0.2) is 22.9 Å². The van der Waals surface area contributed by atoms with Crippen LogP contribution >= 0.6 is 15.9 Å². The molecule has 1 fully saturated rings. The molecule has 1 aliphatic rings. The van der Waals surface area contributed by atoms with Gasteiger partial charge in [-0.05, 0) is 41.3 Å². The fourth-order valence-electron chi connectivity index (χ4n) is 1.37. The maximum absolute atomic E-state index is 11.5. The number of hydrogen-bond donors (Lipinski definition) is 2. The van der Waals surface area contributed by atoms with Crippen LogP contribution in [0.3, 0.4) is 0 Å². The average molecular weight is 270 g/mol. The summed E-state index contributed by atoms with van der Waals surface area (Å²) in [5, 5.41) is 5.67. The third-order valence-electron chi connectivity index (χ3n) is 2.46. The van der Waals surface area contributed by atoms with Crippen molar-refractivity contribution >= 4 is 27.6 Å². The lowest BCUT2D eigenvalue weighted by molar-refractivity contribution is 0.240. The van der Waals surface area contributed by atoms with Crippen LogP contribution in [-0.4, -0.2) is 17.1 Å². The third-order valence-corrected chi connectivity index (χ3v) is 3.09. The van der Waals surface area contributed by atoms with Crippen LogP contribution in [-0.2, 0) is 0 Å². The van der Waals surface area contributed by atoms with Crippen LogP contribution in [0, 0.1) is 0 Å². The number of carbonyl (C=O) groups excluding carboxylic acids is 1. The van der Waals surface area contributed by atoms with Crippen LogP contribution in [0.4, 0.5) is 10.5 Å². The number of aromatic nitrogens is 1. The van der Waals surface area contributed by atoms with Crippen molar-refractivity contribution in [3.05, 3.63) is 22.9 Å². The summed E-state index contributed by atoms with van der Waals surface area (Å²) in [6, 6.07) is 1.96. The molecule has 1 heterocycles. The predicted molar refractivity (Wildman–Crippen MR) is 61.7 cm³/mol. The van der Waals surface area contributed by atoms with Crippen LogP contribution in [0.25, 0.3) is 0 Å². The largest absolute Gasteiger partial charge is 0.335 e. The second-order valence-corrected chi connectivity index (χ2v) is 4.44. The Kier molecular flexibility index (Phi) is 3.20. The fraction of sp³-hybridized carbons (Fsp3) is 0.400. The second-order valence-electron chi connectivity index (χ2n) is 3.58. The first-order valence-corrected chi connectivity index (χ1v) is 5.72. The molecule has 0 spiro atoms. The maximum Gasteiger partial charge on any atom is 0.319 e. The van der Waals surface area contributed by atoms with Gasteiger partial charge in [0.05, 0.1) is 10.2 Å². The molecule has 0 unspecified atom stereocenters. The van der Waals surface area contributed by atoms with Gasteiger partial charge in [0.25, 0.3) is 0 Å². The van der Waals surface area contributed by atoms with Gasteiger partial charge in [-0.3, -0.25) is 4.98 Å². The number of pyridine rings is 1. The molecular formula is C10H12BrN3O. The molecule has 0 atom stereocenters. The molecule has 0 bridgehead atoms. The zero-order chi connectivity index (χ0) is 10.7. The number of nitrogens with one attached hydrogen (secondary N) is 2. The van der Waals surface area contributed by atoms with E-state index >= 15 is 0 Å². The summed E-state index contributed by atoms with van der Waals surface area (Å²) in [4.78, 5) is 15.4. The van der Waals surface area contributed by atoms with Crippen molar-refractivity contribution in [1.29, 1.82) is 0 Å². The lowest BCUT2D eigenvalue weighted by atomic mass is 9.93. The van der Waals surface area contributed by atoms with Crippen molar-refractivity contribution in [2.45, 2.75) is 25.3 Å². The standard InChI is InChI=1S/C10H12BrN3O/c11-8-6-12-5-4-9(8)14-10(15)13-7-2-1-3-7/h4-7H,1-3H2,(H2,12,13,14,15). The zero-order valence-electron chi connectivity index (χ0n) is 8.16. The molecule has 15 heavy (non-hydrogen) atoms. The third kappa shape index (κ3) is 2.68. The molecular weight excluding hydrogens is 258 g/mol. The van der Waals surface area contributed by atoms with Gasteiger partial charge in [0.15, 0.2) is 0 Å². The van der Waals surface area contributed by atoms with Gasteiger partial charge in [-0.2, -0.15) is 0 Å². The van der Waals surface area contributed by atoms with E-state index in [9.17, 15) is 4.79 Å². The number of hydrogen-bond acceptors (Lipinski definition) is 2. The molecule has 1 aromatic heterocycles. The Balaban J connectivity index is 1.90. The highest BCUT2D eigenvalue weighted by molar-refractivity contribution is 9.10. The Labute approximate surface area is 96.6 Å². The first-order valence-electron chi connectivity index (χ1n) is 4.93. The van der Waals surface area contributed by atoms with Gasteiger partial charge in [0.1, 0.15) is 0 Å². The quantitative estimate of drug-likeness (QED) is 0.867. The minimum atomic E-state index is -0.147. The highest BCUT2D eigenvalue weighted by atomic mass is 79.9. The van der Waals surface area contributed by atoms with Gasteiger partial charge in [-0.1, -0.05) is 0 Å². The number of halogens is 1. The first kappa shape index (κ1) is 10.4. The van der Waals surface area contributed by atoms with Gasteiger partial charge in [-0.15, -0.1) is 0 Å². The molecule has 80 valence electrons. The Bertz CT molecular complexity index is 365. The molecule has 4 nitrogen and oxygen atoms in total. The molecule has 0 radical (unpaired) electrons. The summed E-state index contributed by atoms with van der Waals surface area (Å²) >= 11 is 3.32. The number of rotatable bonds is 2. The van der Waals surface area contributed by atoms with Crippen LogP contribution < -0.4 is 10.6 Å². The number of urea groups is 1. The van der Waals surface area contributed by atoms with E-state index in [1.54, 1.807) is 18.5 Å².